The normalized spacial score (nSPS) is 9.98. The van der Waals surface area contributed by atoms with Crippen LogP contribution in [0.2, 0.25) is 6.04 Å². The van der Waals surface area contributed by atoms with E-state index in [9.17, 15) is 0 Å². The number of hydrogen-bond acceptors (Lipinski definition) is 0. The number of halogens is 5. The first-order valence-corrected chi connectivity index (χ1v) is 24.3. The molecule has 0 saturated heterocycles. The van der Waals surface area contributed by atoms with Crippen LogP contribution < -0.4 is 0 Å². The molecule has 0 amide bonds. The number of benzene rings is 4. The molecule has 0 aliphatic heterocycles. The summed E-state index contributed by atoms with van der Waals surface area (Å²) in [6, 6.07) is 41.9. The maximum absolute atomic E-state index is 5.55. The summed E-state index contributed by atoms with van der Waals surface area (Å²) < 4.78 is 0. The molecule has 0 unspecified atom stereocenters. The van der Waals surface area contributed by atoms with E-state index in [-0.39, 0.29) is 32.2 Å². The van der Waals surface area contributed by atoms with E-state index in [0.29, 0.717) is 0 Å². The van der Waals surface area contributed by atoms with E-state index in [1.807, 2.05) is 0 Å². The molecule has 0 aromatic heterocycles. The van der Waals surface area contributed by atoms with Gasteiger partial charge in [-0.05, 0) is 30.0 Å². The van der Waals surface area contributed by atoms with Gasteiger partial charge in [0.05, 0.1) is 0 Å². The molecule has 0 atom stereocenters. The Labute approximate surface area is 327 Å². The molecule has 0 N–H and O–H groups in total. The van der Waals surface area contributed by atoms with Gasteiger partial charge >= 0.3 is 36.2 Å². The first-order valence-electron chi connectivity index (χ1n) is 14.9. The molecule has 8 heteroatoms. The summed E-state index contributed by atoms with van der Waals surface area (Å²) in [7, 11) is 0. The van der Waals surface area contributed by atoms with E-state index in [0.717, 1.165) is 31.7 Å². The second-order valence-electron chi connectivity index (χ2n) is 10.4. The molecule has 0 fully saturated rings. The van der Waals surface area contributed by atoms with Crippen molar-refractivity contribution in [1.82, 2.24) is 0 Å². The third kappa shape index (κ3) is 14.3. The molecular weight excluding hydrogens is 793 g/mol. The fourth-order valence-electron chi connectivity index (χ4n) is 5.07. The van der Waals surface area contributed by atoms with Crippen LogP contribution in [0.25, 0.3) is 43.8 Å². The Morgan fingerprint density at radius 3 is 1.32 bits per heavy atom. The summed E-state index contributed by atoms with van der Waals surface area (Å²) in [5.41, 5.74) is 8.11. The molecule has 0 spiro atoms. The molecule has 6 aromatic carbocycles. The maximum atomic E-state index is 5.55. The monoisotopic (exact) mass is 832 g/mol. The minimum absolute atomic E-state index is 0. The van der Waals surface area contributed by atoms with Crippen molar-refractivity contribution in [3.05, 3.63) is 147 Å². The van der Waals surface area contributed by atoms with Crippen molar-refractivity contribution in [2.75, 3.05) is 0 Å². The molecule has 2 radical (unpaired) electrons. The zero-order valence-electron chi connectivity index (χ0n) is 27.2. The van der Waals surface area contributed by atoms with Crippen LogP contribution in [0.15, 0.2) is 121 Å². The van der Waals surface area contributed by atoms with Crippen molar-refractivity contribution in [3.8, 4) is 22.3 Å². The second-order valence-corrected chi connectivity index (χ2v) is 19.6. The third-order valence-corrected chi connectivity index (χ3v) is 9.94. The Kier molecular flexibility index (Phi) is 23.5. The number of unbranched alkanes of at least 4 members (excludes halogenated alkanes) is 1. The Balaban J connectivity index is 0.000000675. The van der Waals surface area contributed by atoms with Crippen LogP contribution in [0.3, 0.4) is 0 Å². The SMILES string of the molecule is CCc1cc2c(-c3ccccc3)cccc2[cH-]1.CCc1cc2c(-c3ccccc3)cccc2[cH-]1.Cl.Cl.[CH2-]CCC[Si](Cl)(Cl)Cl.[CH3-].[Si]=[Zr]. The second kappa shape index (κ2) is 24.1. The van der Waals surface area contributed by atoms with Gasteiger partial charge in [0.25, 0.3) is 0 Å². The summed E-state index contributed by atoms with van der Waals surface area (Å²) in [5.74, 6) is 0. The van der Waals surface area contributed by atoms with Gasteiger partial charge in [0.1, 0.15) is 0 Å². The van der Waals surface area contributed by atoms with Crippen molar-refractivity contribution in [1.29, 1.82) is 0 Å². The standard InChI is InChI=1S/2C17H15.C4H8Cl3Si.CH3.2ClH.Si.Zr/c2*1-2-13-11-15-9-6-10-16(17(15)12-13)14-7-4-3-5-8-14;1-2-3-4-8(5,6)7;;;;;/h2*3-12H,2H2,1H3;1-4H2;1H3;2*1H;;/q4*-1;;;;. The summed E-state index contributed by atoms with van der Waals surface area (Å²) in [6.07, 6.45) is 4.00. The van der Waals surface area contributed by atoms with Gasteiger partial charge in [-0.25, -0.2) is 0 Å². The molecule has 0 saturated carbocycles. The first kappa shape index (κ1) is 45.9. The van der Waals surface area contributed by atoms with E-state index in [4.69, 9.17) is 33.2 Å². The molecule has 0 aliphatic carbocycles. The van der Waals surface area contributed by atoms with E-state index in [1.54, 1.807) is 0 Å². The van der Waals surface area contributed by atoms with E-state index in [2.05, 4.69) is 149 Å². The fraction of sp³-hybridized carbons (Fsp3) is 0.179. The van der Waals surface area contributed by atoms with Gasteiger partial charge in [0.2, 0.25) is 0 Å². The van der Waals surface area contributed by atoms with Gasteiger partial charge in [-0.15, -0.1) is 127 Å². The van der Waals surface area contributed by atoms with Gasteiger partial charge in [-0.3, -0.25) is 0 Å². The van der Waals surface area contributed by atoms with Crippen molar-refractivity contribution >= 4 is 92.5 Å². The Morgan fingerprint density at radius 2 is 1.02 bits per heavy atom. The van der Waals surface area contributed by atoms with Crippen LogP contribution in [0.1, 0.15) is 37.8 Å². The van der Waals surface area contributed by atoms with Crippen LogP contribution in [0.5, 0.6) is 0 Å². The van der Waals surface area contributed by atoms with Crippen LogP contribution >= 0.6 is 58.1 Å². The van der Waals surface area contributed by atoms with Gasteiger partial charge in [0.15, 0.2) is 0 Å². The molecule has 0 aliphatic rings. The topological polar surface area (TPSA) is 0 Å². The van der Waals surface area contributed by atoms with Crippen molar-refractivity contribution in [2.24, 2.45) is 0 Å². The molecule has 6 aromatic rings. The molecule has 0 nitrogen and oxygen atoms in total. The average molecular weight is 836 g/mol. The summed E-state index contributed by atoms with van der Waals surface area (Å²) >= 11 is 18.0. The zero-order valence-corrected chi connectivity index (χ0v) is 35.6. The molecule has 0 bridgehead atoms. The molecule has 6 rings (SSSR count). The predicted molar refractivity (Wildman–Crippen MR) is 218 cm³/mol. The van der Waals surface area contributed by atoms with E-state index >= 15 is 0 Å². The minimum atomic E-state index is -2.30. The van der Waals surface area contributed by atoms with Gasteiger partial charge < -0.3 is 14.4 Å². The van der Waals surface area contributed by atoms with Crippen LogP contribution in [-0.4, -0.2) is 12.9 Å². The van der Waals surface area contributed by atoms with E-state index < -0.39 is 6.00 Å². The number of fused-ring (bicyclic) bond motifs is 2. The Morgan fingerprint density at radius 1 is 0.638 bits per heavy atom. The van der Waals surface area contributed by atoms with Crippen LogP contribution in [0, 0.1) is 14.4 Å². The van der Waals surface area contributed by atoms with Crippen molar-refractivity contribution in [3.63, 3.8) is 0 Å². The van der Waals surface area contributed by atoms with Gasteiger partial charge in [-0.1, -0.05) is 104 Å². The average Bonchev–Trinajstić information content (AvgIpc) is 3.70. The Hall–Kier alpha value is -1.13. The first-order chi connectivity index (χ1) is 21.3. The summed E-state index contributed by atoms with van der Waals surface area (Å²) in [5, 5.41) is 5.44. The summed E-state index contributed by atoms with van der Waals surface area (Å²) in [4.78, 5) is 0. The summed E-state index contributed by atoms with van der Waals surface area (Å²) in [6.45, 7) is 11.1. The Bertz CT molecular complexity index is 1580. The molecule has 250 valence electrons. The van der Waals surface area contributed by atoms with Crippen molar-refractivity contribution < 1.29 is 23.3 Å². The number of rotatable bonds is 7. The molecule has 47 heavy (non-hydrogen) atoms. The third-order valence-electron chi connectivity index (χ3n) is 7.32. The van der Waals surface area contributed by atoms with Gasteiger partial charge in [-0.2, -0.15) is 18.6 Å². The zero-order chi connectivity index (χ0) is 32.0. The fourth-order valence-corrected chi connectivity index (χ4v) is 6.92. The van der Waals surface area contributed by atoms with Crippen LogP contribution in [0.4, 0.5) is 0 Å². The number of hydrogen-bond donors (Lipinski definition) is 0. The molecule has 0 heterocycles. The molecular formula is C39H43Cl5Si2Zr-4. The van der Waals surface area contributed by atoms with Gasteiger partial charge in [0, 0.05) is 0 Å². The van der Waals surface area contributed by atoms with E-state index in [1.165, 1.54) is 78.3 Å². The predicted octanol–water partition coefficient (Wildman–Crippen LogP) is 13.7. The number of aryl methyl sites for hydroxylation is 2. The van der Waals surface area contributed by atoms with Crippen LogP contribution in [-0.2, 0) is 36.2 Å². The quantitative estimate of drug-likeness (QED) is 0.0854. The van der Waals surface area contributed by atoms with Crippen molar-refractivity contribution in [2.45, 2.75) is 45.6 Å².